The second-order valence-electron chi connectivity index (χ2n) is 7.32. The number of halogens is 1. The Morgan fingerprint density at radius 3 is 2.56 bits per heavy atom. The maximum atomic E-state index is 13.1. The Morgan fingerprint density at radius 1 is 1.17 bits per heavy atom. The Bertz CT molecular complexity index is 1470. The molecule has 0 saturated heterocycles. The first kappa shape index (κ1) is 25.3. The second-order valence-corrected chi connectivity index (χ2v) is 10.7. The van der Waals surface area contributed by atoms with E-state index in [1.54, 1.807) is 6.92 Å². The average Bonchev–Trinajstić information content (AvgIpc) is 3.29. The van der Waals surface area contributed by atoms with Crippen LogP contribution in [0.1, 0.15) is 29.8 Å². The molecule has 0 radical (unpaired) electrons. The SMILES string of the molecule is CCOc1cc(/C=C2\C(=N)N3N=C(S(=O)(=O)CC)SC3=NC2=O)ccc1OC(=O)c1ccc(F)cc1. The van der Waals surface area contributed by atoms with Crippen molar-refractivity contribution in [2.75, 3.05) is 12.4 Å². The molecular formula is C23H19FN4O6S2. The number of amidine groups is 2. The number of benzene rings is 2. The number of thioether (sulfide) groups is 1. The van der Waals surface area contributed by atoms with Gasteiger partial charge in [-0.2, -0.15) is 10.0 Å². The molecule has 0 saturated carbocycles. The van der Waals surface area contributed by atoms with Gasteiger partial charge in [0.15, 0.2) is 17.3 Å². The summed E-state index contributed by atoms with van der Waals surface area (Å²) < 4.78 is 48.2. The topological polar surface area (TPSA) is 139 Å². The van der Waals surface area contributed by atoms with Gasteiger partial charge in [-0.05, 0) is 66.7 Å². The number of carbonyl (C=O) groups excluding carboxylic acids is 2. The molecule has 0 fully saturated rings. The van der Waals surface area contributed by atoms with Crippen molar-refractivity contribution in [3.63, 3.8) is 0 Å². The highest BCUT2D eigenvalue weighted by Crippen LogP contribution is 2.33. The van der Waals surface area contributed by atoms with Crippen molar-refractivity contribution in [3.05, 3.63) is 65.0 Å². The van der Waals surface area contributed by atoms with Crippen molar-refractivity contribution in [1.82, 2.24) is 5.01 Å². The predicted octanol–water partition coefficient (Wildman–Crippen LogP) is 3.45. The Labute approximate surface area is 209 Å². The van der Waals surface area contributed by atoms with Gasteiger partial charge in [0.2, 0.25) is 19.4 Å². The van der Waals surface area contributed by atoms with Gasteiger partial charge in [0.05, 0.1) is 23.5 Å². The average molecular weight is 531 g/mol. The number of hydrogen-bond donors (Lipinski definition) is 1. The van der Waals surface area contributed by atoms with Crippen LogP contribution in [-0.2, 0) is 14.6 Å². The lowest BCUT2D eigenvalue weighted by molar-refractivity contribution is -0.114. The Hall–Kier alpha value is -3.84. The number of sulfone groups is 1. The van der Waals surface area contributed by atoms with Crippen LogP contribution in [0.15, 0.2) is 58.1 Å². The summed E-state index contributed by atoms with van der Waals surface area (Å²) in [5.41, 5.74) is 0.467. The molecule has 2 aliphatic rings. The quantitative estimate of drug-likeness (QED) is 0.340. The Balaban J connectivity index is 1.62. The normalized spacial score (nSPS) is 16.5. The minimum absolute atomic E-state index is 0.00719. The summed E-state index contributed by atoms with van der Waals surface area (Å²) in [4.78, 5) is 28.9. The zero-order valence-corrected chi connectivity index (χ0v) is 20.7. The lowest BCUT2D eigenvalue weighted by Crippen LogP contribution is -2.35. The van der Waals surface area contributed by atoms with E-state index in [-0.39, 0.29) is 50.4 Å². The summed E-state index contributed by atoms with van der Waals surface area (Å²) in [6, 6.07) is 9.38. The number of nitrogens with zero attached hydrogens (tertiary/aromatic N) is 3. The molecule has 0 atom stereocenters. The number of nitrogens with one attached hydrogen (secondary N) is 1. The van der Waals surface area contributed by atoms with E-state index in [0.29, 0.717) is 5.56 Å². The molecule has 186 valence electrons. The number of hydrazone groups is 1. The van der Waals surface area contributed by atoms with Crippen LogP contribution in [0, 0.1) is 11.2 Å². The molecule has 0 unspecified atom stereocenters. The molecule has 4 rings (SSSR count). The standard InChI is InChI=1S/C23H19FN4O6S2/c1-3-33-18-12-13(5-10-17(18)34-21(30)14-6-8-15(24)9-7-14)11-16-19(25)28-22(26-20(16)29)35-23(27-28)36(31,32)4-2/h5-12,25H,3-4H2,1-2H3/b16-11+,25-19?. The van der Waals surface area contributed by atoms with Crippen molar-refractivity contribution in [1.29, 1.82) is 5.41 Å². The van der Waals surface area contributed by atoms with Crippen LogP contribution in [0.2, 0.25) is 0 Å². The van der Waals surface area contributed by atoms with Gasteiger partial charge in [0.25, 0.3) is 5.91 Å². The van der Waals surface area contributed by atoms with Crippen molar-refractivity contribution in [2.45, 2.75) is 13.8 Å². The molecule has 0 aromatic heterocycles. The smallest absolute Gasteiger partial charge is 0.343 e. The molecule has 2 aliphatic heterocycles. The van der Waals surface area contributed by atoms with E-state index in [1.807, 2.05) is 0 Å². The summed E-state index contributed by atoms with van der Waals surface area (Å²) in [5, 5.41) is 13.4. The maximum absolute atomic E-state index is 13.1. The second kappa shape index (κ2) is 10.0. The minimum atomic E-state index is -3.64. The van der Waals surface area contributed by atoms with Crippen LogP contribution in [0.25, 0.3) is 6.08 Å². The number of aliphatic imine (C=N–C) groups is 1. The number of rotatable bonds is 6. The number of esters is 1. The Kier molecular flexibility index (Phi) is 7.04. The van der Waals surface area contributed by atoms with E-state index in [1.165, 1.54) is 43.3 Å². The molecule has 10 nitrogen and oxygen atoms in total. The van der Waals surface area contributed by atoms with E-state index in [0.717, 1.165) is 28.9 Å². The molecule has 1 N–H and O–H groups in total. The molecule has 2 aromatic rings. The lowest BCUT2D eigenvalue weighted by Gasteiger charge is -2.20. The summed E-state index contributed by atoms with van der Waals surface area (Å²) in [6.07, 6.45) is 1.38. The molecule has 0 aliphatic carbocycles. The van der Waals surface area contributed by atoms with Crippen LogP contribution < -0.4 is 9.47 Å². The van der Waals surface area contributed by atoms with Crippen LogP contribution in [0.4, 0.5) is 4.39 Å². The fourth-order valence-corrected chi connectivity index (χ4v) is 5.27. The molecule has 0 bridgehead atoms. The molecule has 13 heteroatoms. The van der Waals surface area contributed by atoms with Crippen LogP contribution in [0.5, 0.6) is 11.5 Å². The first-order chi connectivity index (χ1) is 17.1. The number of amides is 1. The maximum Gasteiger partial charge on any atom is 0.343 e. The first-order valence-corrected chi connectivity index (χ1v) is 13.1. The zero-order chi connectivity index (χ0) is 26.0. The highest BCUT2D eigenvalue weighted by molar-refractivity contribution is 8.42. The van der Waals surface area contributed by atoms with Gasteiger partial charge in [-0.15, -0.1) is 5.10 Å². The van der Waals surface area contributed by atoms with Gasteiger partial charge in [-0.25, -0.2) is 17.6 Å². The van der Waals surface area contributed by atoms with Crippen LogP contribution in [0.3, 0.4) is 0 Å². The third-order valence-corrected chi connectivity index (χ3v) is 8.03. The van der Waals surface area contributed by atoms with Gasteiger partial charge in [-0.1, -0.05) is 13.0 Å². The molecule has 2 heterocycles. The number of carbonyl (C=O) groups is 2. The summed E-state index contributed by atoms with van der Waals surface area (Å²) in [6.45, 7) is 3.45. The largest absolute Gasteiger partial charge is 0.490 e. The van der Waals surface area contributed by atoms with Gasteiger partial charge < -0.3 is 9.47 Å². The molecule has 0 spiro atoms. The monoisotopic (exact) mass is 530 g/mol. The lowest BCUT2D eigenvalue weighted by atomic mass is 10.1. The van der Waals surface area contributed by atoms with Crippen molar-refractivity contribution in [2.24, 2.45) is 10.1 Å². The first-order valence-electron chi connectivity index (χ1n) is 10.6. The van der Waals surface area contributed by atoms with Crippen LogP contribution >= 0.6 is 11.8 Å². The third kappa shape index (κ3) is 5.06. The highest BCUT2D eigenvalue weighted by Gasteiger charge is 2.39. The number of ether oxygens (including phenoxy) is 2. The fraction of sp³-hybridized carbons (Fsp3) is 0.174. The van der Waals surface area contributed by atoms with E-state index in [4.69, 9.17) is 14.9 Å². The van der Waals surface area contributed by atoms with Crippen molar-refractivity contribution in [3.8, 4) is 11.5 Å². The highest BCUT2D eigenvalue weighted by atomic mass is 32.3. The molecule has 1 amide bonds. The van der Waals surface area contributed by atoms with E-state index in [9.17, 15) is 22.4 Å². The summed E-state index contributed by atoms with van der Waals surface area (Å²) in [7, 11) is -3.64. The molecular weight excluding hydrogens is 511 g/mol. The van der Waals surface area contributed by atoms with Gasteiger partial charge in [0, 0.05) is 0 Å². The van der Waals surface area contributed by atoms with Gasteiger partial charge >= 0.3 is 5.97 Å². The minimum Gasteiger partial charge on any atom is -0.490 e. The molecule has 36 heavy (non-hydrogen) atoms. The van der Waals surface area contributed by atoms with E-state index < -0.39 is 27.5 Å². The summed E-state index contributed by atoms with van der Waals surface area (Å²) in [5.74, 6) is -2.13. The molecule has 2 aromatic carbocycles. The van der Waals surface area contributed by atoms with E-state index >= 15 is 0 Å². The van der Waals surface area contributed by atoms with Gasteiger partial charge in [0.1, 0.15) is 5.82 Å². The fourth-order valence-electron chi connectivity index (χ4n) is 3.10. The van der Waals surface area contributed by atoms with Crippen LogP contribution in [-0.4, -0.2) is 53.0 Å². The predicted molar refractivity (Wildman–Crippen MR) is 133 cm³/mol. The van der Waals surface area contributed by atoms with Gasteiger partial charge in [-0.3, -0.25) is 10.2 Å². The summed E-state index contributed by atoms with van der Waals surface area (Å²) >= 11 is 0.717. The van der Waals surface area contributed by atoms with Crippen molar-refractivity contribution >= 4 is 54.9 Å². The van der Waals surface area contributed by atoms with Crippen molar-refractivity contribution < 1.29 is 31.9 Å². The number of hydrogen-bond acceptors (Lipinski definition) is 9. The third-order valence-electron chi connectivity index (χ3n) is 4.94. The zero-order valence-electron chi connectivity index (χ0n) is 19.0. The number of fused-ring (bicyclic) bond motifs is 1. The van der Waals surface area contributed by atoms with E-state index in [2.05, 4.69) is 10.1 Å². The Morgan fingerprint density at radius 2 is 1.89 bits per heavy atom.